The van der Waals surface area contributed by atoms with Gasteiger partial charge in [0.05, 0.1) is 0 Å². The van der Waals surface area contributed by atoms with Crippen LogP contribution in [0.4, 0.5) is 10.3 Å². The lowest BCUT2D eigenvalue weighted by molar-refractivity contribution is 0.0928. The van der Waals surface area contributed by atoms with Crippen LogP contribution in [0.2, 0.25) is 0 Å². The number of halogens is 1. The van der Waals surface area contributed by atoms with Gasteiger partial charge >= 0.3 is 0 Å². The Balaban J connectivity index is 1.64. The number of amides is 1. The minimum Gasteiger partial charge on any atom is -0.350 e. The lowest BCUT2D eigenvalue weighted by Gasteiger charge is -2.16. The Morgan fingerprint density at radius 2 is 1.81 bits per heavy atom. The number of carbonyl (C=O) groups excluding carboxylic acids is 1. The molecule has 2 aromatic rings. The van der Waals surface area contributed by atoms with Gasteiger partial charge in [-0.2, -0.15) is 0 Å². The Bertz CT molecular complexity index is 740. The van der Waals surface area contributed by atoms with Crippen molar-refractivity contribution in [1.82, 2.24) is 15.3 Å². The molecule has 2 N–H and O–H groups in total. The van der Waals surface area contributed by atoms with Crippen molar-refractivity contribution < 1.29 is 9.18 Å². The van der Waals surface area contributed by atoms with Crippen LogP contribution in [0, 0.1) is 12.7 Å². The molecule has 1 aliphatic carbocycles. The average molecular weight is 356 g/mol. The molecular weight excluding hydrogens is 331 g/mol. The second-order valence-corrected chi connectivity index (χ2v) is 6.86. The summed E-state index contributed by atoms with van der Waals surface area (Å²) < 4.78 is 13.0. The summed E-state index contributed by atoms with van der Waals surface area (Å²) in [5, 5.41) is 6.22. The topological polar surface area (TPSA) is 66.9 Å². The van der Waals surface area contributed by atoms with Crippen molar-refractivity contribution in [3.05, 3.63) is 53.1 Å². The smallest absolute Gasteiger partial charge is 0.270 e. The van der Waals surface area contributed by atoms with Crippen molar-refractivity contribution in [1.29, 1.82) is 0 Å². The van der Waals surface area contributed by atoms with E-state index in [4.69, 9.17) is 0 Å². The van der Waals surface area contributed by atoms with E-state index in [1.165, 1.54) is 25.0 Å². The monoisotopic (exact) mass is 356 g/mol. The van der Waals surface area contributed by atoms with Crippen molar-refractivity contribution in [2.45, 2.75) is 58.0 Å². The third-order valence-electron chi connectivity index (χ3n) is 4.64. The first-order chi connectivity index (χ1) is 12.6. The Morgan fingerprint density at radius 1 is 1.12 bits per heavy atom. The molecule has 1 aromatic carbocycles. The van der Waals surface area contributed by atoms with Gasteiger partial charge in [-0.25, -0.2) is 14.4 Å². The summed E-state index contributed by atoms with van der Waals surface area (Å²) in [6.07, 6.45) is 6.89. The SMILES string of the molecule is Cc1cc(C(=O)NC2CCCCCC2)nc(NCc2ccc(F)cc2)n1. The van der Waals surface area contributed by atoms with E-state index < -0.39 is 0 Å². The van der Waals surface area contributed by atoms with Crippen molar-refractivity contribution in [3.63, 3.8) is 0 Å². The van der Waals surface area contributed by atoms with E-state index in [1.54, 1.807) is 18.2 Å². The number of hydrogen-bond acceptors (Lipinski definition) is 4. The molecule has 1 heterocycles. The molecule has 0 unspecified atom stereocenters. The lowest BCUT2D eigenvalue weighted by atomic mass is 10.1. The van der Waals surface area contributed by atoms with E-state index in [0.29, 0.717) is 18.2 Å². The summed E-state index contributed by atoms with van der Waals surface area (Å²) >= 11 is 0. The fraction of sp³-hybridized carbons (Fsp3) is 0.450. The molecule has 138 valence electrons. The first-order valence-corrected chi connectivity index (χ1v) is 9.25. The Morgan fingerprint density at radius 3 is 2.50 bits per heavy atom. The molecule has 1 aliphatic rings. The quantitative estimate of drug-likeness (QED) is 0.795. The summed E-state index contributed by atoms with van der Waals surface area (Å²) in [6, 6.07) is 8.18. The zero-order valence-electron chi connectivity index (χ0n) is 15.1. The summed E-state index contributed by atoms with van der Waals surface area (Å²) in [7, 11) is 0. The van der Waals surface area contributed by atoms with Gasteiger partial charge in [0.1, 0.15) is 11.5 Å². The maximum absolute atomic E-state index is 13.0. The van der Waals surface area contributed by atoms with Gasteiger partial charge in [-0.1, -0.05) is 37.8 Å². The molecule has 0 spiro atoms. The minimum absolute atomic E-state index is 0.146. The van der Waals surface area contributed by atoms with E-state index in [2.05, 4.69) is 20.6 Å². The highest BCUT2D eigenvalue weighted by atomic mass is 19.1. The maximum Gasteiger partial charge on any atom is 0.270 e. The fourth-order valence-electron chi connectivity index (χ4n) is 3.23. The highest BCUT2D eigenvalue weighted by Crippen LogP contribution is 2.18. The number of carbonyl (C=O) groups is 1. The van der Waals surface area contributed by atoms with Gasteiger partial charge in [-0.15, -0.1) is 0 Å². The molecule has 1 amide bonds. The highest BCUT2D eigenvalue weighted by molar-refractivity contribution is 5.92. The molecule has 1 saturated carbocycles. The highest BCUT2D eigenvalue weighted by Gasteiger charge is 2.17. The third kappa shape index (κ3) is 5.25. The molecule has 26 heavy (non-hydrogen) atoms. The van der Waals surface area contributed by atoms with Crippen molar-refractivity contribution >= 4 is 11.9 Å². The molecule has 1 fully saturated rings. The van der Waals surface area contributed by atoms with Crippen molar-refractivity contribution in [2.24, 2.45) is 0 Å². The summed E-state index contributed by atoms with van der Waals surface area (Å²) in [4.78, 5) is 21.3. The number of benzene rings is 1. The minimum atomic E-state index is -0.266. The lowest BCUT2D eigenvalue weighted by Crippen LogP contribution is -2.35. The van der Waals surface area contributed by atoms with Gasteiger partial charge in [-0.05, 0) is 43.5 Å². The number of nitrogens with zero attached hydrogens (tertiary/aromatic N) is 2. The zero-order chi connectivity index (χ0) is 18.4. The second-order valence-electron chi connectivity index (χ2n) is 6.86. The average Bonchev–Trinajstić information content (AvgIpc) is 2.89. The van der Waals surface area contributed by atoms with Crippen LogP contribution in [0.25, 0.3) is 0 Å². The molecule has 0 radical (unpaired) electrons. The predicted octanol–water partition coefficient (Wildman–Crippen LogP) is 3.99. The Hall–Kier alpha value is -2.50. The second kappa shape index (κ2) is 8.74. The van der Waals surface area contributed by atoms with Gasteiger partial charge < -0.3 is 10.6 Å². The number of aromatic nitrogens is 2. The molecule has 0 bridgehead atoms. The van der Waals surface area contributed by atoms with E-state index in [0.717, 1.165) is 36.9 Å². The third-order valence-corrected chi connectivity index (χ3v) is 4.64. The number of rotatable bonds is 5. The maximum atomic E-state index is 13.0. The fourth-order valence-corrected chi connectivity index (χ4v) is 3.23. The van der Waals surface area contributed by atoms with Crippen LogP contribution in [-0.4, -0.2) is 21.9 Å². The van der Waals surface area contributed by atoms with Crippen LogP contribution in [0.5, 0.6) is 0 Å². The molecule has 3 rings (SSSR count). The first kappa shape index (κ1) is 18.3. The largest absolute Gasteiger partial charge is 0.350 e. The molecule has 0 atom stereocenters. The Kier molecular flexibility index (Phi) is 6.15. The van der Waals surface area contributed by atoms with E-state index in [9.17, 15) is 9.18 Å². The normalized spacial score (nSPS) is 15.3. The standard InChI is InChI=1S/C20H25FN4O/c1-14-12-18(19(26)24-17-6-4-2-3-5-7-17)25-20(23-14)22-13-15-8-10-16(21)11-9-15/h8-12,17H,2-7,13H2,1H3,(H,24,26)(H,22,23,25). The predicted molar refractivity (Wildman–Crippen MR) is 99.5 cm³/mol. The number of hydrogen-bond donors (Lipinski definition) is 2. The van der Waals surface area contributed by atoms with Crippen LogP contribution in [0.1, 0.15) is 60.3 Å². The van der Waals surface area contributed by atoms with Gasteiger partial charge in [0, 0.05) is 18.3 Å². The van der Waals surface area contributed by atoms with Gasteiger partial charge in [-0.3, -0.25) is 4.79 Å². The van der Waals surface area contributed by atoms with Crippen LogP contribution >= 0.6 is 0 Å². The van der Waals surface area contributed by atoms with E-state index >= 15 is 0 Å². The molecule has 0 saturated heterocycles. The van der Waals surface area contributed by atoms with Gasteiger partial charge in [0.2, 0.25) is 5.95 Å². The first-order valence-electron chi connectivity index (χ1n) is 9.25. The molecule has 6 heteroatoms. The summed E-state index contributed by atoms with van der Waals surface area (Å²) in [5.74, 6) is -0.00870. The Labute approximate surface area is 153 Å². The van der Waals surface area contributed by atoms with Crippen LogP contribution in [0.3, 0.4) is 0 Å². The van der Waals surface area contributed by atoms with Gasteiger partial charge in [0.15, 0.2) is 0 Å². The number of anilines is 1. The van der Waals surface area contributed by atoms with E-state index in [1.807, 2.05) is 6.92 Å². The number of nitrogens with one attached hydrogen (secondary N) is 2. The van der Waals surface area contributed by atoms with Crippen LogP contribution < -0.4 is 10.6 Å². The van der Waals surface area contributed by atoms with E-state index in [-0.39, 0.29) is 17.8 Å². The molecule has 5 nitrogen and oxygen atoms in total. The zero-order valence-corrected chi connectivity index (χ0v) is 15.1. The van der Waals surface area contributed by atoms with Crippen molar-refractivity contribution in [3.8, 4) is 0 Å². The molecular formula is C20H25FN4O. The summed E-state index contributed by atoms with van der Waals surface area (Å²) in [6.45, 7) is 2.31. The molecule has 0 aliphatic heterocycles. The van der Waals surface area contributed by atoms with Crippen LogP contribution in [0.15, 0.2) is 30.3 Å². The van der Waals surface area contributed by atoms with Crippen LogP contribution in [-0.2, 0) is 6.54 Å². The molecule has 1 aromatic heterocycles. The number of aryl methyl sites for hydroxylation is 1. The summed E-state index contributed by atoms with van der Waals surface area (Å²) in [5.41, 5.74) is 2.02. The van der Waals surface area contributed by atoms with Crippen molar-refractivity contribution in [2.75, 3.05) is 5.32 Å². The van der Waals surface area contributed by atoms with Gasteiger partial charge in [0.25, 0.3) is 5.91 Å².